The Morgan fingerprint density at radius 1 is 1.06 bits per heavy atom. The lowest BCUT2D eigenvalue weighted by atomic mass is 10.2. The zero-order valence-corrected chi connectivity index (χ0v) is 18.8. The number of carbonyl (C=O) groups excluding carboxylic acids is 1. The molecule has 7 nitrogen and oxygen atoms in total. The van der Waals surface area contributed by atoms with Crippen molar-refractivity contribution in [1.82, 2.24) is 15.1 Å². The molecule has 2 aromatic rings. The highest BCUT2D eigenvalue weighted by Gasteiger charge is 2.21. The minimum absolute atomic E-state index is 0.0735. The number of guanidine groups is 1. The van der Waals surface area contributed by atoms with Crippen molar-refractivity contribution in [3.8, 4) is 5.75 Å². The number of piperazine rings is 1. The van der Waals surface area contributed by atoms with Gasteiger partial charge in [0.1, 0.15) is 5.75 Å². The number of nitrogens with zero attached hydrogens (tertiary/aromatic N) is 4. The van der Waals surface area contributed by atoms with Crippen molar-refractivity contribution >= 4 is 17.6 Å². The van der Waals surface area contributed by atoms with E-state index in [1.54, 1.807) is 14.2 Å². The van der Waals surface area contributed by atoms with Crippen LogP contribution in [0.4, 0.5) is 5.69 Å². The summed E-state index contributed by atoms with van der Waals surface area (Å²) < 4.78 is 5.24. The SMILES string of the molecule is CCN(Cc1ccccc1)C(=O)CNC(=NC)N1CCN(c2ccc(OC)cc2)CC1. The van der Waals surface area contributed by atoms with Crippen LogP contribution in [0.2, 0.25) is 0 Å². The lowest BCUT2D eigenvalue weighted by Crippen LogP contribution is -2.54. The van der Waals surface area contributed by atoms with E-state index >= 15 is 0 Å². The van der Waals surface area contributed by atoms with Gasteiger partial charge in [0, 0.05) is 52.0 Å². The summed E-state index contributed by atoms with van der Waals surface area (Å²) in [6.07, 6.45) is 0. The van der Waals surface area contributed by atoms with Crippen molar-refractivity contribution in [2.24, 2.45) is 4.99 Å². The van der Waals surface area contributed by atoms with Crippen LogP contribution in [-0.4, -0.2) is 75.1 Å². The first kappa shape index (κ1) is 22.5. The number of carbonyl (C=O) groups is 1. The number of ether oxygens (including phenoxy) is 1. The quantitative estimate of drug-likeness (QED) is 0.548. The van der Waals surface area contributed by atoms with Crippen LogP contribution in [0, 0.1) is 0 Å². The molecule has 1 amide bonds. The van der Waals surface area contributed by atoms with Crippen LogP contribution in [0.5, 0.6) is 5.75 Å². The Bertz CT molecular complexity index is 846. The highest BCUT2D eigenvalue weighted by Crippen LogP contribution is 2.20. The molecule has 0 unspecified atom stereocenters. The van der Waals surface area contributed by atoms with Crippen molar-refractivity contribution in [2.75, 3.05) is 58.3 Å². The molecule has 0 spiro atoms. The van der Waals surface area contributed by atoms with Gasteiger partial charge in [-0.3, -0.25) is 9.79 Å². The normalized spacial score (nSPS) is 14.4. The zero-order chi connectivity index (χ0) is 22.1. The fraction of sp³-hybridized carbons (Fsp3) is 0.417. The van der Waals surface area contributed by atoms with Crippen molar-refractivity contribution < 1.29 is 9.53 Å². The van der Waals surface area contributed by atoms with Gasteiger partial charge in [-0.25, -0.2) is 0 Å². The first-order chi connectivity index (χ1) is 15.1. The summed E-state index contributed by atoms with van der Waals surface area (Å²) in [7, 11) is 3.45. The number of nitrogens with one attached hydrogen (secondary N) is 1. The molecular formula is C24H33N5O2. The minimum atomic E-state index is 0.0735. The van der Waals surface area contributed by atoms with Crippen molar-refractivity contribution in [2.45, 2.75) is 13.5 Å². The molecule has 0 bridgehead atoms. The Morgan fingerprint density at radius 3 is 2.32 bits per heavy atom. The lowest BCUT2D eigenvalue weighted by Gasteiger charge is -2.37. The molecule has 1 saturated heterocycles. The molecule has 1 heterocycles. The molecule has 1 aliphatic rings. The fourth-order valence-corrected chi connectivity index (χ4v) is 3.75. The van der Waals surface area contributed by atoms with Crippen LogP contribution in [0.1, 0.15) is 12.5 Å². The van der Waals surface area contributed by atoms with E-state index in [9.17, 15) is 4.79 Å². The number of hydrogen-bond donors (Lipinski definition) is 1. The summed E-state index contributed by atoms with van der Waals surface area (Å²) >= 11 is 0. The third-order valence-electron chi connectivity index (χ3n) is 5.58. The molecule has 3 rings (SSSR count). The van der Waals surface area contributed by atoms with Gasteiger partial charge >= 0.3 is 0 Å². The van der Waals surface area contributed by atoms with Gasteiger partial charge in [0.25, 0.3) is 0 Å². The topological polar surface area (TPSA) is 60.4 Å². The van der Waals surface area contributed by atoms with E-state index in [4.69, 9.17) is 4.74 Å². The maximum absolute atomic E-state index is 12.7. The number of benzene rings is 2. The summed E-state index contributed by atoms with van der Waals surface area (Å²) in [6.45, 7) is 7.04. The standard InChI is InChI=1S/C24H33N5O2/c1-4-27(19-20-8-6-5-7-9-20)23(30)18-26-24(25-2)29-16-14-28(15-17-29)21-10-12-22(31-3)13-11-21/h5-13H,4,14-19H2,1-3H3,(H,25,26). The Hall–Kier alpha value is -3.22. The first-order valence-corrected chi connectivity index (χ1v) is 10.8. The average molecular weight is 424 g/mol. The van der Waals surface area contributed by atoms with Gasteiger partial charge in [-0.2, -0.15) is 0 Å². The average Bonchev–Trinajstić information content (AvgIpc) is 2.84. The van der Waals surface area contributed by atoms with Crippen molar-refractivity contribution in [1.29, 1.82) is 0 Å². The Kier molecular flexibility index (Phi) is 8.15. The summed E-state index contributed by atoms with van der Waals surface area (Å²) in [6, 6.07) is 18.2. The van der Waals surface area contributed by atoms with E-state index in [0.29, 0.717) is 13.1 Å². The molecule has 0 radical (unpaired) electrons. The Balaban J connectivity index is 1.49. The van der Waals surface area contributed by atoms with E-state index in [1.807, 2.05) is 54.3 Å². The second-order valence-corrected chi connectivity index (χ2v) is 7.47. The van der Waals surface area contributed by atoms with Crippen LogP contribution < -0.4 is 15.0 Å². The number of aliphatic imine (C=N–C) groups is 1. The number of amides is 1. The molecule has 2 aromatic carbocycles. The number of rotatable bonds is 7. The number of hydrogen-bond acceptors (Lipinski definition) is 4. The second-order valence-electron chi connectivity index (χ2n) is 7.47. The molecule has 1 fully saturated rings. The van der Waals surface area contributed by atoms with Crippen LogP contribution in [0.3, 0.4) is 0 Å². The van der Waals surface area contributed by atoms with Crippen molar-refractivity contribution in [3.63, 3.8) is 0 Å². The fourth-order valence-electron chi connectivity index (χ4n) is 3.75. The maximum Gasteiger partial charge on any atom is 0.242 e. The molecule has 0 aliphatic carbocycles. The van der Waals surface area contributed by atoms with Crippen LogP contribution in [0.25, 0.3) is 0 Å². The van der Waals surface area contributed by atoms with Gasteiger partial charge in [-0.05, 0) is 36.8 Å². The summed E-state index contributed by atoms with van der Waals surface area (Å²) in [4.78, 5) is 23.6. The minimum Gasteiger partial charge on any atom is -0.497 e. The highest BCUT2D eigenvalue weighted by molar-refractivity contribution is 5.86. The van der Waals surface area contributed by atoms with Crippen LogP contribution >= 0.6 is 0 Å². The highest BCUT2D eigenvalue weighted by atomic mass is 16.5. The molecule has 1 N–H and O–H groups in total. The monoisotopic (exact) mass is 423 g/mol. The van der Waals surface area contributed by atoms with E-state index in [0.717, 1.165) is 43.5 Å². The molecule has 166 valence electrons. The van der Waals surface area contributed by atoms with Gasteiger partial charge in [-0.1, -0.05) is 30.3 Å². The zero-order valence-electron chi connectivity index (χ0n) is 18.8. The maximum atomic E-state index is 12.7. The number of methoxy groups -OCH3 is 1. The molecule has 7 heteroatoms. The number of anilines is 1. The van der Waals surface area contributed by atoms with Gasteiger partial charge < -0.3 is 24.8 Å². The second kappa shape index (κ2) is 11.2. The van der Waals surface area contributed by atoms with E-state index in [2.05, 4.69) is 32.2 Å². The largest absolute Gasteiger partial charge is 0.497 e. The van der Waals surface area contributed by atoms with E-state index < -0.39 is 0 Å². The summed E-state index contributed by atoms with van der Waals surface area (Å²) in [5.74, 6) is 1.72. The van der Waals surface area contributed by atoms with Crippen LogP contribution in [-0.2, 0) is 11.3 Å². The van der Waals surface area contributed by atoms with Gasteiger partial charge in [-0.15, -0.1) is 0 Å². The van der Waals surface area contributed by atoms with E-state index in [-0.39, 0.29) is 12.5 Å². The Labute approximate surface area is 185 Å². The molecule has 31 heavy (non-hydrogen) atoms. The third kappa shape index (κ3) is 6.13. The molecule has 0 aromatic heterocycles. The third-order valence-corrected chi connectivity index (χ3v) is 5.58. The summed E-state index contributed by atoms with van der Waals surface area (Å²) in [5.41, 5.74) is 2.33. The first-order valence-electron chi connectivity index (χ1n) is 10.8. The molecule has 1 aliphatic heterocycles. The van der Waals surface area contributed by atoms with Gasteiger partial charge in [0.2, 0.25) is 5.91 Å². The molecular weight excluding hydrogens is 390 g/mol. The molecule has 0 atom stereocenters. The number of likely N-dealkylation sites (N-methyl/N-ethyl adjacent to an activating group) is 1. The smallest absolute Gasteiger partial charge is 0.242 e. The predicted molar refractivity (Wildman–Crippen MR) is 126 cm³/mol. The lowest BCUT2D eigenvalue weighted by molar-refractivity contribution is -0.130. The van der Waals surface area contributed by atoms with Gasteiger partial charge in [0.15, 0.2) is 5.96 Å². The Morgan fingerprint density at radius 2 is 1.74 bits per heavy atom. The van der Waals surface area contributed by atoms with Gasteiger partial charge in [0.05, 0.1) is 13.7 Å². The van der Waals surface area contributed by atoms with Crippen LogP contribution in [0.15, 0.2) is 59.6 Å². The molecule has 0 saturated carbocycles. The van der Waals surface area contributed by atoms with Crippen molar-refractivity contribution in [3.05, 3.63) is 60.2 Å². The summed E-state index contributed by atoms with van der Waals surface area (Å²) in [5, 5.41) is 3.26. The van der Waals surface area contributed by atoms with E-state index in [1.165, 1.54) is 5.69 Å². The predicted octanol–water partition coefficient (Wildman–Crippen LogP) is 2.44.